The molecule has 0 aliphatic carbocycles. The number of nitrogens with two attached hydrogens (primary N) is 1. The van der Waals surface area contributed by atoms with E-state index in [9.17, 15) is 18.0 Å². The molecule has 0 fully saturated rings. The van der Waals surface area contributed by atoms with Gasteiger partial charge in [0.2, 0.25) is 0 Å². The molecule has 6 heteroatoms. The number of rotatable bonds is 4. The Morgan fingerprint density at radius 1 is 1.44 bits per heavy atom. The van der Waals surface area contributed by atoms with Gasteiger partial charge in [-0.2, -0.15) is 13.2 Å². The highest BCUT2D eigenvalue weighted by Crippen LogP contribution is 2.29. The number of hydrogen-bond donors (Lipinski definition) is 2. The molecule has 0 aromatic heterocycles. The first-order valence-electron chi connectivity index (χ1n) is 5.51. The summed E-state index contributed by atoms with van der Waals surface area (Å²) in [6.45, 7) is 2.13. The average molecular weight is 260 g/mol. The number of carbonyl (C=O) groups excluding carboxylic acids is 1. The van der Waals surface area contributed by atoms with Crippen molar-refractivity contribution in [2.45, 2.75) is 25.6 Å². The van der Waals surface area contributed by atoms with Gasteiger partial charge in [0.25, 0.3) is 5.91 Å². The molecule has 0 heterocycles. The summed E-state index contributed by atoms with van der Waals surface area (Å²) < 4.78 is 37.3. The summed E-state index contributed by atoms with van der Waals surface area (Å²) in [6.07, 6.45) is -3.87. The van der Waals surface area contributed by atoms with Crippen LogP contribution in [0, 0.1) is 0 Å². The smallest absolute Gasteiger partial charge is 0.352 e. The summed E-state index contributed by atoms with van der Waals surface area (Å²) >= 11 is 0. The summed E-state index contributed by atoms with van der Waals surface area (Å²) in [5.74, 6) is -0.526. The van der Waals surface area contributed by atoms with Gasteiger partial charge in [0, 0.05) is 18.2 Å². The molecule has 0 bridgehead atoms. The van der Waals surface area contributed by atoms with Crippen LogP contribution in [0.3, 0.4) is 0 Å². The molecule has 3 N–H and O–H groups in total. The molecule has 0 saturated heterocycles. The third-order valence-corrected chi connectivity index (χ3v) is 2.34. The van der Waals surface area contributed by atoms with Gasteiger partial charge in [0.15, 0.2) is 0 Å². The van der Waals surface area contributed by atoms with Crippen LogP contribution < -0.4 is 11.1 Å². The third kappa shape index (κ3) is 4.37. The van der Waals surface area contributed by atoms with E-state index in [-0.39, 0.29) is 11.6 Å². The lowest BCUT2D eigenvalue weighted by molar-refractivity contribution is -0.137. The fraction of sp³-hybridized carbons (Fsp3) is 0.417. The number of hydrogen-bond acceptors (Lipinski definition) is 2. The number of benzene rings is 1. The normalized spacial score (nSPS) is 13.2. The molecule has 18 heavy (non-hydrogen) atoms. The first kappa shape index (κ1) is 14.5. The minimum absolute atomic E-state index is 0.00509. The van der Waals surface area contributed by atoms with Crippen LogP contribution in [-0.4, -0.2) is 18.5 Å². The number of alkyl halides is 3. The number of amides is 1. The summed E-state index contributed by atoms with van der Waals surface area (Å²) in [5, 5.41) is 2.52. The van der Waals surface area contributed by atoms with Gasteiger partial charge in [0.1, 0.15) is 0 Å². The van der Waals surface area contributed by atoms with E-state index in [4.69, 9.17) is 5.73 Å². The highest BCUT2D eigenvalue weighted by molar-refractivity contribution is 5.94. The molecular formula is C12H15F3N2O. The van der Waals surface area contributed by atoms with E-state index in [1.165, 1.54) is 12.1 Å². The zero-order valence-corrected chi connectivity index (χ0v) is 9.92. The van der Waals surface area contributed by atoms with Gasteiger partial charge in [-0.25, -0.2) is 0 Å². The summed E-state index contributed by atoms with van der Waals surface area (Å²) in [6, 6.07) is 4.26. The van der Waals surface area contributed by atoms with Crippen molar-refractivity contribution < 1.29 is 18.0 Å². The molecule has 0 radical (unpaired) electrons. The van der Waals surface area contributed by atoms with Crippen LogP contribution in [-0.2, 0) is 6.18 Å². The van der Waals surface area contributed by atoms with Gasteiger partial charge in [-0.3, -0.25) is 4.79 Å². The van der Waals surface area contributed by atoms with Gasteiger partial charge in [-0.05, 0) is 31.5 Å². The Kier molecular flexibility index (Phi) is 4.72. The quantitative estimate of drug-likeness (QED) is 0.871. The molecular weight excluding hydrogens is 245 g/mol. The maximum absolute atomic E-state index is 12.4. The van der Waals surface area contributed by atoms with Crippen molar-refractivity contribution in [3.05, 3.63) is 35.4 Å². The third-order valence-electron chi connectivity index (χ3n) is 2.34. The summed E-state index contributed by atoms with van der Waals surface area (Å²) in [5.41, 5.74) is 4.66. The Morgan fingerprint density at radius 3 is 2.67 bits per heavy atom. The lowest BCUT2D eigenvalue weighted by Crippen LogP contribution is -2.29. The van der Waals surface area contributed by atoms with Crippen molar-refractivity contribution in [3.8, 4) is 0 Å². The van der Waals surface area contributed by atoms with E-state index in [1.54, 1.807) is 6.92 Å². The predicted octanol–water partition coefficient (Wildman–Crippen LogP) is 2.17. The highest BCUT2D eigenvalue weighted by Gasteiger charge is 2.30. The van der Waals surface area contributed by atoms with Gasteiger partial charge in [-0.1, -0.05) is 6.07 Å². The van der Waals surface area contributed by atoms with Crippen LogP contribution in [0.25, 0.3) is 0 Å². The molecule has 1 unspecified atom stereocenters. The molecule has 1 aromatic rings. The minimum Gasteiger partial charge on any atom is -0.352 e. The summed E-state index contributed by atoms with van der Waals surface area (Å²) in [7, 11) is 0. The van der Waals surface area contributed by atoms with E-state index >= 15 is 0 Å². The van der Waals surface area contributed by atoms with Crippen molar-refractivity contribution >= 4 is 5.91 Å². The first-order valence-corrected chi connectivity index (χ1v) is 5.51. The van der Waals surface area contributed by atoms with Crippen molar-refractivity contribution in [2.75, 3.05) is 6.54 Å². The largest absolute Gasteiger partial charge is 0.416 e. The predicted molar refractivity (Wildman–Crippen MR) is 62.0 cm³/mol. The van der Waals surface area contributed by atoms with E-state index in [1.807, 2.05) is 0 Å². The Balaban J connectivity index is 2.69. The Labute approximate surface area is 103 Å². The first-order chi connectivity index (χ1) is 8.30. The van der Waals surface area contributed by atoms with Gasteiger partial charge >= 0.3 is 6.18 Å². The van der Waals surface area contributed by atoms with Crippen LogP contribution in [0.15, 0.2) is 24.3 Å². The topological polar surface area (TPSA) is 55.1 Å². The van der Waals surface area contributed by atoms with Crippen LogP contribution in [0.5, 0.6) is 0 Å². The van der Waals surface area contributed by atoms with Crippen molar-refractivity contribution in [1.82, 2.24) is 5.32 Å². The SMILES string of the molecule is CC(N)CCNC(=O)c1cccc(C(F)(F)F)c1. The Bertz CT molecular complexity index is 416. The zero-order chi connectivity index (χ0) is 13.8. The van der Waals surface area contributed by atoms with E-state index in [0.29, 0.717) is 13.0 Å². The molecule has 0 aliphatic heterocycles. The number of nitrogens with one attached hydrogen (secondary N) is 1. The van der Waals surface area contributed by atoms with Gasteiger partial charge < -0.3 is 11.1 Å². The van der Waals surface area contributed by atoms with Crippen LogP contribution in [0.2, 0.25) is 0 Å². The van der Waals surface area contributed by atoms with Crippen LogP contribution in [0.1, 0.15) is 29.3 Å². The van der Waals surface area contributed by atoms with E-state index in [2.05, 4.69) is 5.32 Å². The number of halogens is 3. The van der Waals surface area contributed by atoms with Crippen LogP contribution in [0.4, 0.5) is 13.2 Å². The second-order valence-corrected chi connectivity index (χ2v) is 4.10. The van der Waals surface area contributed by atoms with E-state index < -0.39 is 17.6 Å². The van der Waals surface area contributed by atoms with Gasteiger partial charge in [-0.15, -0.1) is 0 Å². The number of carbonyl (C=O) groups is 1. The van der Waals surface area contributed by atoms with Crippen molar-refractivity contribution in [2.24, 2.45) is 5.73 Å². The molecule has 3 nitrogen and oxygen atoms in total. The molecule has 1 aromatic carbocycles. The van der Waals surface area contributed by atoms with Crippen molar-refractivity contribution in [1.29, 1.82) is 0 Å². The zero-order valence-electron chi connectivity index (χ0n) is 9.92. The minimum atomic E-state index is -4.44. The molecule has 0 aliphatic rings. The molecule has 1 amide bonds. The van der Waals surface area contributed by atoms with Gasteiger partial charge in [0.05, 0.1) is 5.56 Å². The molecule has 0 saturated carbocycles. The maximum Gasteiger partial charge on any atom is 0.416 e. The lowest BCUT2D eigenvalue weighted by Gasteiger charge is -2.10. The maximum atomic E-state index is 12.4. The average Bonchev–Trinajstić information content (AvgIpc) is 2.27. The molecule has 1 rings (SSSR count). The van der Waals surface area contributed by atoms with Crippen LogP contribution >= 0.6 is 0 Å². The monoisotopic (exact) mass is 260 g/mol. The molecule has 100 valence electrons. The lowest BCUT2D eigenvalue weighted by atomic mass is 10.1. The highest BCUT2D eigenvalue weighted by atomic mass is 19.4. The summed E-state index contributed by atoms with van der Waals surface area (Å²) in [4.78, 5) is 11.6. The van der Waals surface area contributed by atoms with E-state index in [0.717, 1.165) is 12.1 Å². The second kappa shape index (κ2) is 5.86. The van der Waals surface area contributed by atoms with Crippen molar-refractivity contribution in [3.63, 3.8) is 0 Å². The fourth-order valence-corrected chi connectivity index (χ4v) is 1.35. The second-order valence-electron chi connectivity index (χ2n) is 4.10. The Morgan fingerprint density at radius 2 is 2.11 bits per heavy atom. The fourth-order valence-electron chi connectivity index (χ4n) is 1.35. The molecule has 0 spiro atoms. The molecule has 1 atom stereocenters. The Hall–Kier alpha value is -1.56. The standard InChI is InChI=1S/C12H15F3N2O/c1-8(16)5-6-17-11(18)9-3-2-4-10(7-9)12(13,14)15/h2-4,7-8H,5-6,16H2,1H3,(H,17,18).